The zero-order valence-electron chi connectivity index (χ0n) is 13.0. The smallest absolute Gasteiger partial charge is 0.238 e. The van der Waals surface area contributed by atoms with Crippen molar-refractivity contribution >= 4 is 5.91 Å². The number of nitrogens with one attached hydrogen (secondary N) is 1. The second-order valence-electron chi connectivity index (χ2n) is 5.91. The fourth-order valence-electron chi connectivity index (χ4n) is 3.38. The van der Waals surface area contributed by atoms with Crippen LogP contribution in [0.1, 0.15) is 38.2 Å². The maximum Gasteiger partial charge on any atom is 0.238 e. The summed E-state index contributed by atoms with van der Waals surface area (Å²) in [6, 6.07) is 8.04. The Labute approximate surface area is 127 Å². The van der Waals surface area contributed by atoms with Gasteiger partial charge in [0.1, 0.15) is 11.3 Å². The van der Waals surface area contributed by atoms with E-state index < -0.39 is 5.54 Å². The normalized spacial score (nSPS) is 25.0. The van der Waals surface area contributed by atoms with E-state index >= 15 is 0 Å². The molecule has 0 spiro atoms. The fraction of sp³-hybridized carbons (Fsp3) is 0.588. The van der Waals surface area contributed by atoms with E-state index in [-0.39, 0.29) is 11.8 Å². The van der Waals surface area contributed by atoms with Gasteiger partial charge in [-0.05, 0) is 50.8 Å². The predicted octanol–water partition coefficient (Wildman–Crippen LogP) is 2.40. The van der Waals surface area contributed by atoms with E-state index in [9.17, 15) is 4.79 Å². The van der Waals surface area contributed by atoms with E-state index in [1.165, 1.54) is 5.56 Å². The third-order valence-electron chi connectivity index (χ3n) is 4.51. The molecular formula is C17H26N2O2. The van der Waals surface area contributed by atoms with Crippen molar-refractivity contribution in [3.05, 3.63) is 29.8 Å². The highest BCUT2D eigenvalue weighted by Crippen LogP contribution is 2.37. The molecule has 0 radical (unpaired) electrons. The van der Waals surface area contributed by atoms with Crippen LogP contribution >= 0.6 is 0 Å². The largest absolute Gasteiger partial charge is 0.494 e. The maximum atomic E-state index is 11.9. The van der Waals surface area contributed by atoms with Crippen LogP contribution in [-0.4, -0.2) is 24.6 Å². The third kappa shape index (κ3) is 3.56. The van der Waals surface area contributed by atoms with Crippen LogP contribution in [0.25, 0.3) is 0 Å². The van der Waals surface area contributed by atoms with Crippen LogP contribution in [0.15, 0.2) is 24.3 Å². The van der Waals surface area contributed by atoms with Gasteiger partial charge in [-0.1, -0.05) is 31.0 Å². The summed E-state index contributed by atoms with van der Waals surface area (Å²) in [5, 5.41) is 3.33. The quantitative estimate of drug-likeness (QED) is 0.810. The van der Waals surface area contributed by atoms with Crippen molar-refractivity contribution in [3.8, 4) is 5.75 Å². The summed E-state index contributed by atoms with van der Waals surface area (Å²) >= 11 is 0. The lowest BCUT2D eigenvalue weighted by Crippen LogP contribution is -2.58. The Bertz CT molecular complexity index is 472. The van der Waals surface area contributed by atoms with E-state index in [1.807, 2.05) is 31.2 Å². The van der Waals surface area contributed by atoms with Gasteiger partial charge < -0.3 is 15.8 Å². The van der Waals surface area contributed by atoms with Gasteiger partial charge >= 0.3 is 0 Å². The first-order valence-corrected chi connectivity index (χ1v) is 7.83. The standard InChI is InChI=1S/C17H26N2O2/c1-3-19-17(16(18)20)11-4-5-14(17)10-12-21-15-8-6-13(2)7-9-15/h6-9,14,19H,3-5,10-12H2,1-2H3,(H2,18,20). The number of rotatable bonds is 7. The Morgan fingerprint density at radius 3 is 2.76 bits per heavy atom. The van der Waals surface area contributed by atoms with Gasteiger partial charge in [0.2, 0.25) is 5.91 Å². The lowest BCUT2D eigenvalue weighted by atomic mass is 9.84. The number of carbonyl (C=O) groups is 1. The number of ether oxygens (including phenoxy) is 1. The number of amides is 1. The summed E-state index contributed by atoms with van der Waals surface area (Å²) < 4.78 is 5.79. The van der Waals surface area contributed by atoms with Crippen molar-refractivity contribution in [2.45, 2.75) is 45.1 Å². The summed E-state index contributed by atoms with van der Waals surface area (Å²) in [5.41, 5.74) is 6.35. The number of primary amides is 1. The van der Waals surface area contributed by atoms with E-state index in [2.05, 4.69) is 12.2 Å². The summed E-state index contributed by atoms with van der Waals surface area (Å²) in [7, 11) is 0. The molecule has 2 unspecified atom stereocenters. The highest BCUT2D eigenvalue weighted by atomic mass is 16.5. The molecule has 21 heavy (non-hydrogen) atoms. The van der Waals surface area contributed by atoms with Gasteiger partial charge in [0.15, 0.2) is 0 Å². The number of hydrogen-bond acceptors (Lipinski definition) is 3. The minimum absolute atomic E-state index is 0.220. The molecule has 0 bridgehead atoms. The second-order valence-corrected chi connectivity index (χ2v) is 5.91. The lowest BCUT2D eigenvalue weighted by molar-refractivity contribution is -0.126. The molecule has 1 amide bonds. The Morgan fingerprint density at radius 2 is 2.14 bits per heavy atom. The minimum atomic E-state index is -0.536. The van der Waals surface area contributed by atoms with Crippen LogP contribution in [-0.2, 0) is 4.79 Å². The van der Waals surface area contributed by atoms with Gasteiger partial charge in [0, 0.05) is 0 Å². The highest BCUT2D eigenvalue weighted by molar-refractivity contribution is 5.85. The van der Waals surface area contributed by atoms with Crippen molar-refractivity contribution in [1.29, 1.82) is 0 Å². The number of benzene rings is 1. The molecule has 1 fully saturated rings. The van der Waals surface area contributed by atoms with Crippen molar-refractivity contribution in [3.63, 3.8) is 0 Å². The number of hydrogen-bond donors (Lipinski definition) is 2. The molecule has 1 aromatic rings. The van der Waals surface area contributed by atoms with Gasteiger partial charge in [-0.3, -0.25) is 4.79 Å². The summed E-state index contributed by atoms with van der Waals surface area (Å²) in [6.07, 6.45) is 3.77. The molecule has 1 aliphatic rings. The molecule has 2 rings (SSSR count). The Balaban J connectivity index is 1.92. The van der Waals surface area contributed by atoms with E-state index in [0.29, 0.717) is 6.61 Å². The first-order valence-electron chi connectivity index (χ1n) is 7.83. The van der Waals surface area contributed by atoms with Crippen LogP contribution in [0.2, 0.25) is 0 Å². The van der Waals surface area contributed by atoms with Crippen molar-refractivity contribution in [2.75, 3.05) is 13.2 Å². The topological polar surface area (TPSA) is 64.3 Å². The molecular weight excluding hydrogens is 264 g/mol. The van der Waals surface area contributed by atoms with Gasteiger partial charge in [-0.2, -0.15) is 0 Å². The zero-order valence-corrected chi connectivity index (χ0v) is 13.0. The van der Waals surface area contributed by atoms with Crippen LogP contribution < -0.4 is 15.8 Å². The molecule has 116 valence electrons. The van der Waals surface area contributed by atoms with Gasteiger partial charge in [0.05, 0.1) is 6.61 Å². The minimum Gasteiger partial charge on any atom is -0.494 e. The Hall–Kier alpha value is -1.55. The Kier molecular flexibility index (Phi) is 5.23. The summed E-state index contributed by atoms with van der Waals surface area (Å²) in [4.78, 5) is 11.9. The van der Waals surface area contributed by atoms with Crippen LogP contribution in [0.3, 0.4) is 0 Å². The molecule has 4 nitrogen and oxygen atoms in total. The SMILES string of the molecule is CCNC1(C(N)=O)CCCC1CCOc1ccc(C)cc1. The van der Waals surface area contributed by atoms with Gasteiger partial charge in [-0.25, -0.2) is 0 Å². The summed E-state index contributed by atoms with van der Waals surface area (Å²) in [6.45, 7) is 5.45. The Morgan fingerprint density at radius 1 is 1.43 bits per heavy atom. The molecule has 4 heteroatoms. The highest BCUT2D eigenvalue weighted by Gasteiger charge is 2.46. The second kappa shape index (κ2) is 6.94. The van der Waals surface area contributed by atoms with Gasteiger partial charge in [-0.15, -0.1) is 0 Å². The molecule has 1 aromatic carbocycles. The van der Waals surface area contributed by atoms with Crippen LogP contribution in [0, 0.1) is 12.8 Å². The maximum absolute atomic E-state index is 11.9. The van der Waals surface area contributed by atoms with E-state index in [4.69, 9.17) is 10.5 Å². The number of likely N-dealkylation sites (N-methyl/N-ethyl adjacent to an activating group) is 1. The van der Waals surface area contributed by atoms with Crippen molar-refractivity contribution in [1.82, 2.24) is 5.32 Å². The first-order chi connectivity index (χ1) is 10.1. The molecule has 2 atom stereocenters. The third-order valence-corrected chi connectivity index (χ3v) is 4.51. The monoisotopic (exact) mass is 290 g/mol. The van der Waals surface area contributed by atoms with Crippen LogP contribution in [0.5, 0.6) is 5.75 Å². The molecule has 0 aliphatic heterocycles. The van der Waals surface area contributed by atoms with Crippen LogP contribution in [0.4, 0.5) is 0 Å². The van der Waals surface area contributed by atoms with Gasteiger partial charge in [0.25, 0.3) is 0 Å². The molecule has 0 saturated heterocycles. The zero-order chi connectivity index (χ0) is 15.3. The molecule has 0 aromatic heterocycles. The average Bonchev–Trinajstić information content (AvgIpc) is 2.86. The molecule has 1 aliphatic carbocycles. The molecule has 1 saturated carbocycles. The van der Waals surface area contributed by atoms with E-state index in [0.717, 1.165) is 38.0 Å². The molecule has 0 heterocycles. The first kappa shape index (κ1) is 15.8. The molecule has 3 N–H and O–H groups in total. The predicted molar refractivity (Wildman–Crippen MR) is 84.2 cm³/mol. The summed E-state index contributed by atoms with van der Waals surface area (Å²) in [5.74, 6) is 0.925. The van der Waals surface area contributed by atoms with Crippen molar-refractivity contribution < 1.29 is 9.53 Å². The fourth-order valence-corrected chi connectivity index (χ4v) is 3.38. The number of aryl methyl sites for hydroxylation is 1. The number of nitrogens with two attached hydrogens (primary N) is 1. The average molecular weight is 290 g/mol. The van der Waals surface area contributed by atoms with Crippen molar-refractivity contribution in [2.24, 2.45) is 11.7 Å². The van der Waals surface area contributed by atoms with E-state index in [1.54, 1.807) is 0 Å². The number of carbonyl (C=O) groups excluding carboxylic acids is 1. The lowest BCUT2D eigenvalue weighted by Gasteiger charge is -2.33.